The van der Waals surface area contributed by atoms with Gasteiger partial charge in [-0.25, -0.2) is 0 Å². The Hall–Kier alpha value is -2.10. The van der Waals surface area contributed by atoms with Crippen molar-refractivity contribution < 1.29 is 19.1 Å². The number of fused-ring (bicyclic) bond motifs is 1. The van der Waals surface area contributed by atoms with Crippen LogP contribution in [0, 0.1) is 11.3 Å². The molecule has 4 heteroatoms. The largest absolute Gasteiger partial charge is 0.465 e. The lowest BCUT2D eigenvalue weighted by atomic mass is 9.73. The molecule has 3 rings (SSSR count). The Morgan fingerprint density at radius 3 is 2.86 bits per heavy atom. The Kier molecular flexibility index (Phi) is 3.53. The minimum absolute atomic E-state index is 0.0328. The summed E-state index contributed by atoms with van der Waals surface area (Å²) in [4.78, 5) is 24.9. The minimum atomic E-state index is -1.27. The lowest BCUT2D eigenvalue weighted by Crippen LogP contribution is -2.49. The van der Waals surface area contributed by atoms with Crippen molar-refractivity contribution in [1.29, 1.82) is 0 Å². The van der Waals surface area contributed by atoms with E-state index in [9.17, 15) is 9.59 Å². The van der Waals surface area contributed by atoms with Gasteiger partial charge in [-0.2, -0.15) is 0 Å². The van der Waals surface area contributed by atoms with Crippen molar-refractivity contribution in [2.24, 2.45) is 11.3 Å². The van der Waals surface area contributed by atoms with Crippen LogP contribution in [0.2, 0.25) is 0 Å². The fraction of sp³-hybridized carbons (Fsp3) is 0.412. The van der Waals surface area contributed by atoms with E-state index in [-0.39, 0.29) is 12.5 Å². The Morgan fingerprint density at radius 1 is 1.33 bits per heavy atom. The molecular weight excluding hydrogens is 268 g/mol. The Morgan fingerprint density at radius 2 is 2.10 bits per heavy atom. The summed E-state index contributed by atoms with van der Waals surface area (Å²) in [6.07, 6.45) is 2.18. The molecule has 0 spiro atoms. The molecule has 1 heterocycles. The lowest BCUT2D eigenvalue weighted by molar-refractivity contribution is -0.179. The fourth-order valence-electron chi connectivity index (χ4n) is 3.36. The van der Waals surface area contributed by atoms with Crippen molar-refractivity contribution in [3.8, 4) is 0 Å². The van der Waals surface area contributed by atoms with E-state index >= 15 is 0 Å². The number of carbonyl (C=O) groups is 2. The molecule has 1 aliphatic heterocycles. The molecule has 0 amide bonds. The van der Waals surface area contributed by atoms with Gasteiger partial charge in [0, 0.05) is 0 Å². The summed E-state index contributed by atoms with van der Waals surface area (Å²) >= 11 is 0. The van der Waals surface area contributed by atoms with Gasteiger partial charge < -0.3 is 9.47 Å². The van der Waals surface area contributed by atoms with Crippen LogP contribution in [0.1, 0.15) is 24.8 Å². The summed E-state index contributed by atoms with van der Waals surface area (Å²) in [6.45, 7) is 4.48. The third-order valence-corrected chi connectivity index (χ3v) is 4.52. The quantitative estimate of drug-likeness (QED) is 0.487. The first-order valence-corrected chi connectivity index (χ1v) is 7.22. The summed E-state index contributed by atoms with van der Waals surface area (Å²) in [5, 5.41) is 0. The molecule has 0 aromatic heterocycles. The standard InChI is InChI=1S/C17H18O4/c1-12-7-8-14-9-10-20-15(18)17(12,14)16(19)21-11-13-5-3-2-4-6-13/h2-6,14H,1,7-11H2/t14-,17+/m1/s1. The van der Waals surface area contributed by atoms with Crippen LogP contribution in [0.3, 0.4) is 0 Å². The zero-order valence-corrected chi connectivity index (χ0v) is 11.8. The zero-order valence-electron chi connectivity index (χ0n) is 11.8. The van der Waals surface area contributed by atoms with E-state index in [4.69, 9.17) is 9.47 Å². The summed E-state index contributed by atoms with van der Waals surface area (Å²) in [5.41, 5.74) is 0.259. The maximum atomic E-state index is 12.6. The molecule has 1 saturated heterocycles. The second kappa shape index (κ2) is 5.35. The summed E-state index contributed by atoms with van der Waals surface area (Å²) in [5.74, 6) is -1.03. The molecule has 2 fully saturated rings. The third-order valence-electron chi connectivity index (χ3n) is 4.52. The molecule has 0 bridgehead atoms. The smallest absolute Gasteiger partial charge is 0.328 e. The van der Waals surface area contributed by atoms with E-state index in [0.29, 0.717) is 25.0 Å². The number of ether oxygens (including phenoxy) is 2. The topological polar surface area (TPSA) is 52.6 Å². The van der Waals surface area contributed by atoms with Gasteiger partial charge in [0.2, 0.25) is 0 Å². The highest BCUT2D eigenvalue weighted by Gasteiger charge is 2.61. The minimum Gasteiger partial charge on any atom is -0.465 e. The molecular formula is C17H18O4. The van der Waals surface area contributed by atoms with E-state index in [0.717, 1.165) is 12.0 Å². The maximum Gasteiger partial charge on any atom is 0.328 e. The molecule has 1 aliphatic carbocycles. The number of benzene rings is 1. The first-order chi connectivity index (χ1) is 10.2. The van der Waals surface area contributed by atoms with Crippen molar-refractivity contribution in [2.75, 3.05) is 6.61 Å². The molecule has 1 aromatic carbocycles. The summed E-state index contributed by atoms with van der Waals surface area (Å²) in [7, 11) is 0. The average molecular weight is 286 g/mol. The van der Waals surface area contributed by atoms with Gasteiger partial charge >= 0.3 is 11.9 Å². The molecule has 0 radical (unpaired) electrons. The third kappa shape index (κ3) is 2.15. The van der Waals surface area contributed by atoms with Crippen molar-refractivity contribution in [2.45, 2.75) is 25.9 Å². The number of hydrogen-bond acceptors (Lipinski definition) is 4. The normalized spacial score (nSPS) is 27.9. The Balaban J connectivity index is 1.80. The molecule has 110 valence electrons. The van der Waals surface area contributed by atoms with E-state index < -0.39 is 17.4 Å². The summed E-state index contributed by atoms with van der Waals surface area (Å²) < 4.78 is 10.6. The van der Waals surface area contributed by atoms with Crippen LogP contribution in [0.25, 0.3) is 0 Å². The number of hydrogen-bond donors (Lipinski definition) is 0. The highest BCUT2D eigenvalue weighted by molar-refractivity contribution is 6.04. The van der Waals surface area contributed by atoms with Crippen LogP contribution >= 0.6 is 0 Å². The number of esters is 2. The van der Waals surface area contributed by atoms with E-state index in [1.54, 1.807) is 0 Å². The SMILES string of the molecule is C=C1CC[C@@H]2CCOC(=O)[C@]12C(=O)OCc1ccccc1. The van der Waals surface area contributed by atoms with Gasteiger partial charge in [-0.15, -0.1) is 0 Å². The summed E-state index contributed by atoms with van der Waals surface area (Å²) in [6, 6.07) is 9.43. The predicted molar refractivity (Wildman–Crippen MR) is 76.1 cm³/mol. The van der Waals surface area contributed by atoms with E-state index in [1.807, 2.05) is 30.3 Å². The van der Waals surface area contributed by atoms with Gasteiger partial charge in [0.05, 0.1) is 6.61 Å². The molecule has 0 unspecified atom stereocenters. The van der Waals surface area contributed by atoms with Gasteiger partial charge in [0.15, 0.2) is 5.41 Å². The van der Waals surface area contributed by atoms with Crippen molar-refractivity contribution in [3.63, 3.8) is 0 Å². The molecule has 2 aliphatic rings. The van der Waals surface area contributed by atoms with Crippen molar-refractivity contribution in [3.05, 3.63) is 48.0 Å². The second-order valence-corrected chi connectivity index (χ2v) is 5.63. The zero-order chi connectivity index (χ0) is 14.9. The van der Waals surface area contributed by atoms with Crippen LogP contribution in [-0.2, 0) is 25.7 Å². The first kappa shape index (κ1) is 13.9. The maximum absolute atomic E-state index is 12.6. The number of carbonyl (C=O) groups excluding carboxylic acids is 2. The lowest BCUT2D eigenvalue weighted by Gasteiger charge is -2.35. The van der Waals surface area contributed by atoms with Crippen LogP contribution in [0.15, 0.2) is 42.5 Å². The highest BCUT2D eigenvalue weighted by atomic mass is 16.6. The van der Waals surface area contributed by atoms with Crippen LogP contribution in [0.5, 0.6) is 0 Å². The van der Waals surface area contributed by atoms with Crippen LogP contribution in [0.4, 0.5) is 0 Å². The Labute approximate surface area is 123 Å². The van der Waals surface area contributed by atoms with Crippen molar-refractivity contribution >= 4 is 11.9 Å². The molecule has 21 heavy (non-hydrogen) atoms. The van der Waals surface area contributed by atoms with Gasteiger partial charge in [-0.3, -0.25) is 9.59 Å². The molecule has 2 atom stereocenters. The Bertz CT molecular complexity index is 578. The molecule has 1 aromatic rings. The van der Waals surface area contributed by atoms with E-state index in [1.165, 1.54) is 0 Å². The monoisotopic (exact) mass is 286 g/mol. The fourth-order valence-corrected chi connectivity index (χ4v) is 3.36. The molecule has 1 saturated carbocycles. The highest BCUT2D eigenvalue weighted by Crippen LogP contribution is 2.52. The van der Waals surface area contributed by atoms with Crippen LogP contribution in [-0.4, -0.2) is 18.5 Å². The molecule has 4 nitrogen and oxygen atoms in total. The van der Waals surface area contributed by atoms with Crippen molar-refractivity contribution in [1.82, 2.24) is 0 Å². The average Bonchev–Trinajstić information content (AvgIpc) is 2.85. The van der Waals surface area contributed by atoms with Gasteiger partial charge in [0.25, 0.3) is 0 Å². The van der Waals surface area contributed by atoms with Gasteiger partial charge in [-0.05, 0) is 36.3 Å². The van der Waals surface area contributed by atoms with Gasteiger partial charge in [-0.1, -0.05) is 36.9 Å². The number of cyclic esters (lactones) is 1. The first-order valence-electron chi connectivity index (χ1n) is 7.22. The second-order valence-electron chi connectivity index (χ2n) is 5.63. The molecule has 0 N–H and O–H groups in total. The van der Waals surface area contributed by atoms with Crippen LogP contribution < -0.4 is 0 Å². The predicted octanol–water partition coefficient (Wildman–Crippen LogP) is 2.63. The van der Waals surface area contributed by atoms with Gasteiger partial charge in [0.1, 0.15) is 6.61 Å². The number of rotatable bonds is 3. The van der Waals surface area contributed by atoms with E-state index in [2.05, 4.69) is 6.58 Å².